The molecule has 0 atom stereocenters. The van der Waals surface area contributed by atoms with Gasteiger partial charge < -0.3 is 4.74 Å². The Hall–Kier alpha value is -3.19. The molecule has 0 radical (unpaired) electrons. The van der Waals surface area contributed by atoms with Crippen LogP contribution in [0.3, 0.4) is 0 Å². The van der Waals surface area contributed by atoms with Gasteiger partial charge in [0.2, 0.25) is 11.8 Å². The van der Waals surface area contributed by atoms with Gasteiger partial charge in [-0.05, 0) is 36.4 Å². The largest absolute Gasteiger partial charge is 0.379 e. The van der Waals surface area contributed by atoms with Gasteiger partial charge in [-0.25, -0.2) is 13.4 Å². The van der Waals surface area contributed by atoms with Crippen molar-refractivity contribution in [2.24, 2.45) is 0 Å². The third kappa shape index (κ3) is 5.28. The van der Waals surface area contributed by atoms with Crippen molar-refractivity contribution in [3.05, 3.63) is 48.0 Å². The number of morpholine rings is 1. The van der Waals surface area contributed by atoms with Crippen molar-refractivity contribution >= 4 is 59.9 Å². The zero-order chi connectivity index (χ0) is 26.2. The number of amides is 3. The number of sulfone groups is 1. The molecule has 0 spiro atoms. The minimum absolute atomic E-state index is 0.123. The van der Waals surface area contributed by atoms with Crippen LogP contribution in [0.4, 0.5) is 10.8 Å². The van der Waals surface area contributed by atoms with Crippen LogP contribution in [0.25, 0.3) is 10.2 Å². The molecule has 0 aliphatic carbocycles. The molecule has 3 amide bonds. The Kier molecular flexibility index (Phi) is 7.08. The van der Waals surface area contributed by atoms with Crippen molar-refractivity contribution in [1.29, 1.82) is 0 Å². The van der Waals surface area contributed by atoms with Gasteiger partial charge in [-0.2, -0.15) is 0 Å². The molecule has 10 nitrogen and oxygen atoms in total. The van der Waals surface area contributed by atoms with Gasteiger partial charge in [-0.15, -0.1) is 0 Å². The highest BCUT2D eigenvalue weighted by Crippen LogP contribution is 2.33. The number of benzene rings is 2. The number of carbonyl (C=O) groups is 3. The van der Waals surface area contributed by atoms with Crippen molar-refractivity contribution in [3.63, 3.8) is 0 Å². The first-order valence-electron chi connectivity index (χ1n) is 11.9. The molecule has 2 aliphatic heterocycles. The van der Waals surface area contributed by atoms with Crippen LogP contribution in [0.2, 0.25) is 0 Å². The summed E-state index contributed by atoms with van der Waals surface area (Å²) in [6.07, 6.45) is 1.50. The van der Waals surface area contributed by atoms with E-state index in [1.165, 1.54) is 17.4 Å². The SMILES string of the molecule is CS(=O)(=O)c1cccc2sc(N(CCN3CCOCC3)C(=O)c3ccc(N4C(=O)CCC4=O)cc3)nc12. The number of rotatable bonds is 7. The number of aromatic nitrogens is 1. The molecule has 2 aromatic carbocycles. The summed E-state index contributed by atoms with van der Waals surface area (Å²) < 4.78 is 30.7. The van der Waals surface area contributed by atoms with Crippen LogP contribution in [-0.2, 0) is 24.2 Å². The summed E-state index contributed by atoms with van der Waals surface area (Å²) in [5, 5.41) is 0.401. The van der Waals surface area contributed by atoms with Gasteiger partial charge in [0.1, 0.15) is 5.52 Å². The molecule has 2 aliphatic rings. The summed E-state index contributed by atoms with van der Waals surface area (Å²) in [4.78, 5) is 47.5. The maximum Gasteiger partial charge on any atom is 0.260 e. The van der Waals surface area contributed by atoms with Gasteiger partial charge in [-0.3, -0.25) is 29.1 Å². The Labute approximate surface area is 218 Å². The molecule has 2 saturated heterocycles. The number of imide groups is 1. The fraction of sp³-hybridized carbons (Fsp3) is 0.360. The van der Waals surface area contributed by atoms with E-state index in [2.05, 4.69) is 9.88 Å². The molecule has 37 heavy (non-hydrogen) atoms. The Morgan fingerprint density at radius 1 is 1.05 bits per heavy atom. The third-order valence-electron chi connectivity index (χ3n) is 6.41. The molecule has 194 valence electrons. The minimum Gasteiger partial charge on any atom is -0.379 e. The molecule has 1 aromatic heterocycles. The first kappa shape index (κ1) is 25.5. The van der Waals surface area contributed by atoms with Crippen molar-refractivity contribution in [2.75, 3.05) is 55.4 Å². The highest BCUT2D eigenvalue weighted by atomic mass is 32.2. The van der Waals surface area contributed by atoms with E-state index >= 15 is 0 Å². The van der Waals surface area contributed by atoms with Gasteiger partial charge in [0.25, 0.3) is 5.91 Å². The van der Waals surface area contributed by atoms with Crippen molar-refractivity contribution in [2.45, 2.75) is 17.7 Å². The number of anilines is 2. The number of carbonyl (C=O) groups excluding carboxylic acids is 3. The highest BCUT2D eigenvalue weighted by Gasteiger charge is 2.31. The first-order valence-corrected chi connectivity index (χ1v) is 14.6. The summed E-state index contributed by atoms with van der Waals surface area (Å²) in [7, 11) is -3.51. The molecule has 0 bridgehead atoms. The van der Waals surface area contributed by atoms with Crippen LogP contribution in [0.15, 0.2) is 47.4 Å². The lowest BCUT2D eigenvalue weighted by Gasteiger charge is -2.29. The van der Waals surface area contributed by atoms with Crippen LogP contribution in [0.5, 0.6) is 0 Å². The van der Waals surface area contributed by atoms with Crippen molar-refractivity contribution in [1.82, 2.24) is 9.88 Å². The number of hydrogen-bond acceptors (Lipinski definition) is 9. The van der Waals surface area contributed by atoms with E-state index in [1.54, 1.807) is 41.3 Å². The van der Waals surface area contributed by atoms with E-state index < -0.39 is 9.84 Å². The summed E-state index contributed by atoms with van der Waals surface area (Å²) in [6, 6.07) is 11.3. The number of ether oxygens (including phenoxy) is 1. The van der Waals surface area contributed by atoms with Crippen LogP contribution < -0.4 is 9.80 Å². The fourth-order valence-electron chi connectivity index (χ4n) is 4.45. The van der Waals surface area contributed by atoms with Gasteiger partial charge in [0.05, 0.1) is 28.5 Å². The van der Waals surface area contributed by atoms with E-state index in [9.17, 15) is 22.8 Å². The Morgan fingerprint density at radius 2 is 1.73 bits per heavy atom. The summed E-state index contributed by atoms with van der Waals surface area (Å²) in [5.74, 6) is -0.821. The van der Waals surface area contributed by atoms with Crippen molar-refractivity contribution in [3.8, 4) is 0 Å². The highest BCUT2D eigenvalue weighted by molar-refractivity contribution is 7.91. The number of fused-ring (bicyclic) bond motifs is 1. The van der Waals surface area contributed by atoms with E-state index in [0.717, 1.165) is 24.2 Å². The normalized spacial score (nSPS) is 17.1. The summed E-state index contributed by atoms with van der Waals surface area (Å²) in [6.45, 7) is 3.71. The van der Waals surface area contributed by atoms with E-state index in [4.69, 9.17) is 4.74 Å². The molecule has 0 N–H and O–H groups in total. The quantitative estimate of drug-likeness (QED) is 0.418. The van der Waals surface area contributed by atoms with Crippen molar-refractivity contribution < 1.29 is 27.5 Å². The van der Waals surface area contributed by atoms with Crippen LogP contribution >= 0.6 is 11.3 Å². The molecule has 3 aromatic rings. The smallest absolute Gasteiger partial charge is 0.260 e. The van der Waals surface area contributed by atoms with Gasteiger partial charge >= 0.3 is 0 Å². The predicted octanol–water partition coefficient (Wildman–Crippen LogP) is 2.33. The molecule has 2 fully saturated rings. The molecular weight excluding hydrogens is 516 g/mol. The van der Waals surface area contributed by atoms with Gasteiger partial charge in [0.15, 0.2) is 15.0 Å². The zero-order valence-corrected chi connectivity index (χ0v) is 21.9. The number of nitrogens with zero attached hydrogens (tertiary/aromatic N) is 4. The number of hydrogen-bond donors (Lipinski definition) is 0. The maximum atomic E-state index is 13.7. The summed E-state index contributed by atoms with van der Waals surface area (Å²) >= 11 is 1.26. The Balaban J connectivity index is 1.47. The lowest BCUT2D eigenvalue weighted by atomic mass is 10.1. The molecule has 0 unspecified atom stereocenters. The maximum absolute atomic E-state index is 13.7. The van der Waals surface area contributed by atoms with E-state index in [1.807, 2.05) is 0 Å². The monoisotopic (exact) mass is 542 g/mol. The fourth-order valence-corrected chi connectivity index (χ4v) is 6.36. The van der Waals surface area contributed by atoms with Gasteiger partial charge in [0, 0.05) is 50.8 Å². The lowest BCUT2D eigenvalue weighted by molar-refractivity contribution is -0.121. The van der Waals surface area contributed by atoms with Crippen LogP contribution in [0, 0.1) is 0 Å². The Bertz CT molecular complexity index is 1450. The van der Waals surface area contributed by atoms with Crippen LogP contribution in [0.1, 0.15) is 23.2 Å². The average Bonchev–Trinajstić information content (AvgIpc) is 3.46. The molecule has 3 heterocycles. The molecular formula is C25H26N4O6S2. The number of thiazole rings is 1. The topological polar surface area (TPSA) is 117 Å². The molecule has 5 rings (SSSR count). The first-order chi connectivity index (χ1) is 17.7. The van der Waals surface area contributed by atoms with Crippen LogP contribution in [-0.4, -0.2) is 81.7 Å². The second-order valence-electron chi connectivity index (χ2n) is 8.95. The third-order valence-corrected chi connectivity index (χ3v) is 8.59. The van der Waals surface area contributed by atoms with Gasteiger partial charge in [-0.1, -0.05) is 17.4 Å². The second kappa shape index (κ2) is 10.3. The minimum atomic E-state index is -3.51. The molecule has 12 heteroatoms. The lowest BCUT2D eigenvalue weighted by Crippen LogP contribution is -2.43. The average molecular weight is 543 g/mol. The Morgan fingerprint density at radius 3 is 2.38 bits per heavy atom. The standard InChI is InChI=1S/C25H26N4O6S2/c1-37(33,34)20-4-2-3-19-23(20)26-25(36-19)28(12-11-27-13-15-35-16-14-27)24(32)17-5-7-18(8-6-17)29-21(30)9-10-22(29)31/h2-8H,9-16H2,1H3. The molecule has 0 saturated carbocycles. The van der Waals surface area contributed by atoms with E-state index in [0.29, 0.717) is 52.9 Å². The second-order valence-corrected chi connectivity index (χ2v) is 11.9. The summed E-state index contributed by atoms with van der Waals surface area (Å²) in [5.41, 5.74) is 1.14. The zero-order valence-electron chi connectivity index (χ0n) is 20.3. The van der Waals surface area contributed by atoms with E-state index in [-0.39, 0.29) is 35.5 Å². The predicted molar refractivity (Wildman–Crippen MR) is 140 cm³/mol. The number of para-hydroxylation sites is 1.